The van der Waals surface area contributed by atoms with Gasteiger partial charge in [-0.1, -0.05) is 27.5 Å². The van der Waals surface area contributed by atoms with Crippen LogP contribution in [0.4, 0.5) is 0 Å². The Morgan fingerprint density at radius 2 is 2.29 bits per heavy atom. The highest BCUT2D eigenvalue weighted by molar-refractivity contribution is 9.08. The summed E-state index contributed by atoms with van der Waals surface area (Å²) >= 11 is 8.91. The van der Waals surface area contributed by atoms with Gasteiger partial charge in [-0.15, -0.1) is 0 Å². The van der Waals surface area contributed by atoms with E-state index in [1.54, 1.807) is 0 Å². The van der Waals surface area contributed by atoms with Gasteiger partial charge < -0.3 is 5.11 Å². The number of hydrogen-bond acceptors (Lipinski definition) is 2. The zero-order valence-electron chi connectivity index (χ0n) is 6.92. The van der Waals surface area contributed by atoms with E-state index in [0.717, 1.165) is 0 Å². The Kier molecular flexibility index (Phi) is 3.50. The highest BCUT2D eigenvalue weighted by Gasteiger charge is 2.12. The first-order valence-corrected chi connectivity index (χ1v) is 5.12. The van der Waals surface area contributed by atoms with Gasteiger partial charge in [-0.3, -0.25) is 0 Å². The Morgan fingerprint density at radius 1 is 1.64 bits per heavy atom. The lowest BCUT2D eigenvalue weighted by atomic mass is 10.1. The van der Waals surface area contributed by atoms with Crippen molar-refractivity contribution in [1.29, 1.82) is 5.26 Å². The molecular weight excluding hydrogens is 269 g/mol. The van der Waals surface area contributed by atoms with Crippen LogP contribution in [0.25, 0.3) is 0 Å². The lowest BCUT2D eigenvalue weighted by Gasteiger charge is -2.03. The largest absolute Gasteiger partial charge is 0.478 e. The Balaban J connectivity index is 3.40. The van der Waals surface area contributed by atoms with Gasteiger partial charge in [0, 0.05) is 5.33 Å². The molecule has 0 saturated carbocycles. The molecule has 1 N–H and O–H groups in total. The first kappa shape index (κ1) is 11.0. The molecule has 1 rings (SSSR count). The second-order valence-corrected chi connectivity index (χ2v) is 3.51. The summed E-state index contributed by atoms with van der Waals surface area (Å²) in [5.74, 6) is -1.13. The van der Waals surface area contributed by atoms with Crippen molar-refractivity contribution >= 4 is 33.5 Å². The third kappa shape index (κ3) is 2.06. The van der Waals surface area contributed by atoms with Gasteiger partial charge >= 0.3 is 5.97 Å². The number of nitriles is 1. The molecule has 72 valence electrons. The van der Waals surface area contributed by atoms with Gasteiger partial charge in [0.2, 0.25) is 0 Å². The quantitative estimate of drug-likeness (QED) is 0.844. The van der Waals surface area contributed by atoms with E-state index < -0.39 is 5.97 Å². The molecule has 14 heavy (non-hydrogen) atoms. The molecule has 0 aliphatic rings. The Hall–Kier alpha value is -1.05. The van der Waals surface area contributed by atoms with Crippen LogP contribution in [-0.4, -0.2) is 11.1 Å². The lowest BCUT2D eigenvalue weighted by molar-refractivity contribution is 0.0697. The van der Waals surface area contributed by atoms with Crippen molar-refractivity contribution in [1.82, 2.24) is 0 Å². The minimum absolute atomic E-state index is 0.0482. The number of carboxylic acid groups (broad SMARTS) is 1. The molecule has 0 saturated heterocycles. The maximum atomic E-state index is 10.7. The number of carbonyl (C=O) groups is 1. The zero-order valence-corrected chi connectivity index (χ0v) is 9.26. The van der Waals surface area contributed by atoms with E-state index in [2.05, 4.69) is 15.9 Å². The third-order valence-electron chi connectivity index (χ3n) is 1.69. The number of halogens is 2. The van der Waals surface area contributed by atoms with Gasteiger partial charge in [0.15, 0.2) is 0 Å². The molecule has 1 aromatic carbocycles. The Labute approximate surface area is 94.0 Å². The molecule has 0 atom stereocenters. The predicted octanol–water partition coefficient (Wildman–Crippen LogP) is 2.80. The van der Waals surface area contributed by atoms with E-state index in [1.807, 2.05) is 6.07 Å². The van der Waals surface area contributed by atoms with Crippen molar-refractivity contribution < 1.29 is 9.90 Å². The second-order valence-electron chi connectivity index (χ2n) is 2.54. The summed E-state index contributed by atoms with van der Waals surface area (Å²) < 4.78 is 0. The number of rotatable bonds is 2. The minimum atomic E-state index is -1.13. The topological polar surface area (TPSA) is 61.1 Å². The van der Waals surface area contributed by atoms with Crippen LogP contribution in [0.3, 0.4) is 0 Å². The minimum Gasteiger partial charge on any atom is -0.478 e. The van der Waals surface area contributed by atoms with E-state index in [9.17, 15) is 4.79 Å². The van der Waals surface area contributed by atoms with Crippen LogP contribution < -0.4 is 0 Å². The lowest BCUT2D eigenvalue weighted by Crippen LogP contribution is -2.00. The van der Waals surface area contributed by atoms with Gasteiger partial charge in [0.05, 0.1) is 22.2 Å². The summed E-state index contributed by atoms with van der Waals surface area (Å²) in [6.45, 7) is 0. The average Bonchev–Trinajstić information content (AvgIpc) is 2.16. The fraction of sp³-hybridized carbons (Fsp3) is 0.111. The van der Waals surface area contributed by atoms with Crippen LogP contribution >= 0.6 is 27.5 Å². The molecule has 0 amide bonds. The van der Waals surface area contributed by atoms with E-state index in [4.69, 9.17) is 22.0 Å². The SMILES string of the molecule is N#Cc1cc(C(=O)O)c(Cl)cc1CBr. The van der Waals surface area contributed by atoms with Crippen LogP contribution in [0.1, 0.15) is 21.5 Å². The molecular formula is C9H5BrClNO2. The number of carboxylic acids is 1. The monoisotopic (exact) mass is 273 g/mol. The van der Waals surface area contributed by atoms with Gasteiger partial charge in [-0.2, -0.15) is 5.26 Å². The van der Waals surface area contributed by atoms with Crippen molar-refractivity contribution in [3.8, 4) is 6.07 Å². The molecule has 0 bridgehead atoms. The smallest absolute Gasteiger partial charge is 0.337 e. The second kappa shape index (κ2) is 4.45. The number of aromatic carboxylic acids is 1. The van der Waals surface area contributed by atoms with Crippen LogP contribution in [-0.2, 0) is 5.33 Å². The molecule has 0 radical (unpaired) electrons. The molecule has 0 aromatic heterocycles. The summed E-state index contributed by atoms with van der Waals surface area (Å²) in [5, 5.41) is 18.1. The van der Waals surface area contributed by atoms with E-state index in [0.29, 0.717) is 16.5 Å². The molecule has 0 fully saturated rings. The molecule has 0 unspecified atom stereocenters. The van der Waals surface area contributed by atoms with Crippen molar-refractivity contribution in [2.24, 2.45) is 0 Å². The molecule has 3 nitrogen and oxygen atoms in total. The van der Waals surface area contributed by atoms with Gasteiger partial charge in [0.1, 0.15) is 0 Å². The maximum Gasteiger partial charge on any atom is 0.337 e. The van der Waals surface area contributed by atoms with Crippen molar-refractivity contribution in [2.45, 2.75) is 5.33 Å². The van der Waals surface area contributed by atoms with Crippen LogP contribution in [0.15, 0.2) is 12.1 Å². The first-order valence-electron chi connectivity index (χ1n) is 3.62. The Morgan fingerprint density at radius 3 is 2.71 bits per heavy atom. The summed E-state index contributed by atoms with van der Waals surface area (Å²) in [7, 11) is 0. The summed E-state index contributed by atoms with van der Waals surface area (Å²) in [4.78, 5) is 10.7. The summed E-state index contributed by atoms with van der Waals surface area (Å²) in [5.41, 5.74) is 0.957. The van der Waals surface area contributed by atoms with Crippen LogP contribution in [0.2, 0.25) is 5.02 Å². The highest BCUT2D eigenvalue weighted by atomic mass is 79.9. The fourth-order valence-electron chi connectivity index (χ4n) is 0.993. The zero-order chi connectivity index (χ0) is 10.7. The molecule has 1 aromatic rings. The molecule has 0 spiro atoms. The molecule has 0 aliphatic heterocycles. The third-order valence-corrected chi connectivity index (χ3v) is 2.60. The molecule has 0 heterocycles. The van der Waals surface area contributed by atoms with Crippen LogP contribution in [0.5, 0.6) is 0 Å². The van der Waals surface area contributed by atoms with E-state index in [1.165, 1.54) is 12.1 Å². The fourth-order valence-corrected chi connectivity index (χ4v) is 1.72. The van der Waals surface area contributed by atoms with Crippen molar-refractivity contribution in [2.75, 3.05) is 0 Å². The van der Waals surface area contributed by atoms with Crippen molar-refractivity contribution in [3.05, 3.63) is 33.8 Å². The summed E-state index contributed by atoms with van der Waals surface area (Å²) in [6.07, 6.45) is 0. The number of alkyl halides is 1. The average molecular weight is 275 g/mol. The molecule has 5 heteroatoms. The number of hydrogen-bond donors (Lipinski definition) is 1. The first-order chi connectivity index (χ1) is 6.60. The van der Waals surface area contributed by atoms with Crippen molar-refractivity contribution in [3.63, 3.8) is 0 Å². The van der Waals surface area contributed by atoms with Gasteiger partial charge in [-0.25, -0.2) is 4.79 Å². The maximum absolute atomic E-state index is 10.7. The highest BCUT2D eigenvalue weighted by Crippen LogP contribution is 2.23. The van der Waals surface area contributed by atoms with Gasteiger partial charge in [0.25, 0.3) is 0 Å². The molecule has 0 aliphatic carbocycles. The summed E-state index contributed by atoms with van der Waals surface area (Å²) in [6, 6.07) is 4.68. The Bertz CT molecular complexity index is 426. The standard InChI is InChI=1S/C9H5BrClNO2/c10-3-5-2-8(11)7(9(13)14)1-6(5)4-12/h1-2H,3H2,(H,13,14). The van der Waals surface area contributed by atoms with E-state index in [-0.39, 0.29) is 10.6 Å². The van der Waals surface area contributed by atoms with Gasteiger partial charge in [-0.05, 0) is 17.7 Å². The number of nitrogens with zero attached hydrogens (tertiary/aromatic N) is 1. The number of benzene rings is 1. The normalized spacial score (nSPS) is 9.50. The van der Waals surface area contributed by atoms with E-state index >= 15 is 0 Å². The van der Waals surface area contributed by atoms with Crippen LogP contribution in [0, 0.1) is 11.3 Å². The predicted molar refractivity (Wildman–Crippen MR) is 55.8 cm³/mol.